The Hall–Kier alpha value is -4.15. The van der Waals surface area contributed by atoms with E-state index in [-0.39, 0.29) is 35.2 Å². The van der Waals surface area contributed by atoms with Crippen molar-refractivity contribution in [3.05, 3.63) is 82.9 Å². The number of carbonyl (C=O) groups is 1. The second-order valence-corrected chi connectivity index (χ2v) is 11.8. The maximum absolute atomic E-state index is 13.9. The molecule has 1 aliphatic rings. The smallest absolute Gasteiger partial charge is 0.407 e. The predicted molar refractivity (Wildman–Crippen MR) is 163 cm³/mol. The summed E-state index contributed by atoms with van der Waals surface area (Å²) < 4.78 is 21.1. The van der Waals surface area contributed by atoms with Crippen molar-refractivity contribution in [2.24, 2.45) is 10.7 Å². The fourth-order valence-electron chi connectivity index (χ4n) is 5.17. The van der Waals surface area contributed by atoms with E-state index >= 15 is 0 Å². The molecule has 42 heavy (non-hydrogen) atoms. The molecule has 4 aromatic rings. The molecule has 5 rings (SSSR count). The molecule has 2 heterocycles. The predicted octanol–water partition coefficient (Wildman–Crippen LogP) is 6.18. The SMILES string of the molecule is CC(C)(C)OC(=O)N[C@H]1CC[C@@H](Nc2c(C(N)=Nc3cc(F)ccc3Cl)cnn3cc(-c4ccccc4CO)cc23)C1. The molecule has 1 saturated carbocycles. The van der Waals surface area contributed by atoms with Crippen LogP contribution in [0.5, 0.6) is 0 Å². The minimum Gasteiger partial charge on any atom is -0.444 e. The van der Waals surface area contributed by atoms with Crippen molar-refractivity contribution in [3.63, 3.8) is 0 Å². The third-order valence-corrected chi connectivity index (χ3v) is 7.38. The first-order valence-corrected chi connectivity index (χ1v) is 14.1. The number of hydrogen-bond acceptors (Lipinski definition) is 6. The number of nitrogens with two attached hydrogens (primary N) is 1. The molecule has 0 bridgehead atoms. The van der Waals surface area contributed by atoms with Crippen LogP contribution in [0.2, 0.25) is 5.02 Å². The molecule has 220 valence electrons. The van der Waals surface area contributed by atoms with Gasteiger partial charge in [0.1, 0.15) is 17.3 Å². The first-order valence-electron chi connectivity index (χ1n) is 13.8. The van der Waals surface area contributed by atoms with Gasteiger partial charge in [0.2, 0.25) is 0 Å². The van der Waals surface area contributed by atoms with Gasteiger partial charge in [-0.3, -0.25) is 0 Å². The summed E-state index contributed by atoms with van der Waals surface area (Å²) in [5.41, 5.74) is 10.6. The average Bonchev–Trinajstić information content (AvgIpc) is 3.56. The van der Waals surface area contributed by atoms with Crippen LogP contribution in [0.25, 0.3) is 16.6 Å². The fraction of sp³-hybridized carbons (Fsp3) is 0.323. The summed E-state index contributed by atoms with van der Waals surface area (Å²) in [4.78, 5) is 16.8. The zero-order valence-corrected chi connectivity index (χ0v) is 24.5. The van der Waals surface area contributed by atoms with Crippen LogP contribution in [0.1, 0.15) is 51.2 Å². The van der Waals surface area contributed by atoms with Gasteiger partial charge in [-0.15, -0.1) is 0 Å². The molecular weight excluding hydrogens is 559 g/mol. The number of fused-ring (bicyclic) bond motifs is 1. The molecule has 2 atom stereocenters. The van der Waals surface area contributed by atoms with Crippen LogP contribution in [-0.2, 0) is 11.3 Å². The molecular formula is C31H34ClFN6O3. The second-order valence-electron chi connectivity index (χ2n) is 11.4. The van der Waals surface area contributed by atoms with Crippen molar-refractivity contribution in [3.8, 4) is 11.1 Å². The van der Waals surface area contributed by atoms with Gasteiger partial charge in [0.15, 0.2) is 0 Å². The van der Waals surface area contributed by atoms with Crippen LogP contribution >= 0.6 is 11.6 Å². The average molecular weight is 593 g/mol. The van der Waals surface area contributed by atoms with Crippen molar-refractivity contribution >= 4 is 40.4 Å². The number of anilines is 1. The van der Waals surface area contributed by atoms with Gasteiger partial charge in [0, 0.05) is 29.9 Å². The van der Waals surface area contributed by atoms with E-state index in [1.165, 1.54) is 18.2 Å². The third-order valence-electron chi connectivity index (χ3n) is 7.06. The lowest BCUT2D eigenvalue weighted by atomic mass is 10.0. The molecule has 0 spiro atoms. The molecule has 1 fully saturated rings. The van der Waals surface area contributed by atoms with E-state index in [9.17, 15) is 14.3 Å². The summed E-state index contributed by atoms with van der Waals surface area (Å²) >= 11 is 6.27. The Morgan fingerprint density at radius 2 is 1.98 bits per heavy atom. The Balaban J connectivity index is 1.51. The summed E-state index contributed by atoms with van der Waals surface area (Å²) in [5.74, 6) is -0.369. The highest BCUT2D eigenvalue weighted by atomic mass is 35.5. The molecule has 5 N–H and O–H groups in total. The monoisotopic (exact) mass is 592 g/mol. The topological polar surface area (TPSA) is 126 Å². The normalized spacial score (nSPS) is 17.4. The number of aliphatic hydroxyl groups is 1. The van der Waals surface area contributed by atoms with E-state index < -0.39 is 17.5 Å². The largest absolute Gasteiger partial charge is 0.444 e. The number of alkyl carbamates (subject to hydrolysis) is 1. The van der Waals surface area contributed by atoms with E-state index in [1.54, 1.807) is 10.7 Å². The van der Waals surface area contributed by atoms with Crippen LogP contribution in [0.4, 0.5) is 20.6 Å². The lowest BCUT2D eigenvalue weighted by Gasteiger charge is -2.22. The zero-order chi connectivity index (χ0) is 30.0. The number of benzene rings is 2. The second kappa shape index (κ2) is 12.0. The minimum atomic E-state index is -0.583. The van der Waals surface area contributed by atoms with Crippen molar-refractivity contribution in [1.82, 2.24) is 14.9 Å². The maximum Gasteiger partial charge on any atom is 0.407 e. The quantitative estimate of drug-likeness (QED) is 0.150. The minimum absolute atomic E-state index is 0.00326. The van der Waals surface area contributed by atoms with E-state index in [0.717, 1.165) is 35.0 Å². The van der Waals surface area contributed by atoms with E-state index in [1.807, 2.05) is 57.3 Å². The molecule has 1 amide bonds. The highest BCUT2D eigenvalue weighted by Crippen LogP contribution is 2.34. The van der Waals surface area contributed by atoms with Crippen LogP contribution in [-0.4, -0.2) is 44.3 Å². The fourth-order valence-corrected chi connectivity index (χ4v) is 5.33. The Bertz CT molecular complexity index is 1650. The maximum atomic E-state index is 13.9. The van der Waals surface area contributed by atoms with Gasteiger partial charge in [-0.05, 0) is 69.4 Å². The van der Waals surface area contributed by atoms with E-state index in [4.69, 9.17) is 22.1 Å². The first-order chi connectivity index (χ1) is 20.0. The molecule has 0 radical (unpaired) electrons. The lowest BCUT2D eigenvalue weighted by molar-refractivity contribution is 0.0505. The van der Waals surface area contributed by atoms with Crippen LogP contribution in [0.15, 0.2) is 65.9 Å². The number of amidine groups is 1. The highest BCUT2D eigenvalue weighted by molar-refractivity contribution is 6.33. The molecule has 11 heteroatoms. The van der Waals surface area contributed by atoms with Crippen molar-refractivity contribution in [1.29, 1.82) is 0 Å². The molecule has 2 aromatic carbocycles. The summed E-state index contributed by atoms with van der Waals surface area (Å²) in [6.07, 6.45) is 5.28. The van der Waals surface area contributed by atoms with Crippen LogP contribution < -0.4 is 16.4 Å². The Kier molecular flexibility index (Phi) is 8.38. The van der Waals surface area contributed by atoms with Gasteiger partial charge < -0.3 is 26.2 Å². The molecule has 0 aliphatic heterocycles. The molecule has 9 nitrogen and oxygen atoms in total. The van der Waals surface area contributed by atoms with Crippen molar-refractivity contribution in [2.75, 3.05) is 5.32 Å². The third kappa shape index (κ3) is 6.66. The molecule has 1 aliphatic carbocycles. The number of nitrogens with zero attached hydrogens (tertiary/aromatic N) is 3. The Labute approximate surface area is 248 Å². The number of ether oxygens (including phenoxy) is 1. The van der Waals surface area contributed by atoms with Crippen LogP contribution in [0.3, 0.4) is 0 Å². The number of aliphatic hydroxyl groups excluding tert-OH is 1. The number of hydrogen-bond donors (Lipinski definition) is 4. The number of amides is 1. The van der Waals surface area contributed by atoms with Crippen molar-refractivity contribution < 1.29 is 19.0 Å². The molecule has 0 unspecified atom stereocenters. The van der Waals surface area contributed by atoms with Crippen molar-refractivity contribution in [2.45, 2.75) is 64.3 Å². The summed E-state index contributed by atoms with van der Waals surface area (Å²) in [6, 6.07) is 13.4. The van der Waals surface area contributed by atoms with Gasteiger partial charge in [-0.25, -0.2) is 18.7 Å². The number of rotatable bonds is 7. The van der Waals surface area contributed by atoms with Crippen LogP contribution in [0, 0.1) is 5.82 Å². The lowest BCUT2D eigenvalue weighted by Crippen LogP contribution is -2.38. The number of aromatic nitrogens is 2. The summed E-state index contributed by atoms with van der Waals surface area (Å²) in [7, 11) is 0. The first kappa shape index (κ1) is 29.3. The summed E-state index contributed by atoms with van der Waals surface area (Å²) in [6.45, 7) is 5.38. The van der Waals surface area contributed by atoms with Gasteiger partial charge in [0.25, 0.3) is 0 Å². The van der Waals surface area contributed by atoms with Gasteiger partial charge >= 0.3 is 6.09 Å². The molecule has 2 aromatic heterocycles. The number of aliphatic imine (C=N–C) groups is 1. The Morgan fingerprint density at radius 1 is 1.21 bits per heavy atom. The summed E-state index contributed by atoms with van der Waals surface area (Å²) in [5, 5.41) is 21.3. The van der Waals surface area contributed by atoms with E-state index in [0.29, 0.717) is 17.7 Å². The zero-order valence-electron chi connectivity index (χ0n) is 23.7. The van der Waals surface area contributed by atoms with Gasteiger partial charge in [0.05, 0.1) is 40.3 Å². The number of nitrogens with one attached hydrogen (secondary N) is 2. The van der Waals surface area contributed by atoms with E-state index in [2.05, 4.69) is 20.7 Å². The Morgan fingerprint density at radius 3 is 2.74 bits per heavy atom. The number of carbonyl (C=O) groups excluding carboxylic acids is 1. The number of halogens is 2. The molecule has 0 saturated heterocycles. The van der Waals surface area contributed by atoms with Gasteiger partial charge in [-0.1, -0.05) is 35.9 Å². The van der Waals surface area contributed by atoms with Gasteiger partial charge in [-0.2, -0.15) is 5.10 Å². The highest BCUT2D eigenvalue weighted by Gasteiger charge is 2.29. The standard InChI is InChI=1S/C31H34ClFN6O3/c1-31(2,3)42-30(41)37-22-10-9-21(14-22)36-28-24(29(34)38-26-13-20(33)8-11-25(26)32)15-35-39-16-19(12-27(28)39)23-7-5-4-6-18(23)17-40/h4-8,11-13,15-16,21-22,36,40H,9-10,14,17H2,1-3H3,(H2,34,38)(H,37,41)/t21-,22+/m1/s1.